The summed E-state index contributed by atoms with van der Waals surface area (Å²) in [4.78, 5) is 9.18. The second-order valence-corrected chi connectivity index (χ2v) is 4.92. The van der Waals surface area contributed by atoms with Gasteiger partial charge in [0.1, 0.15) is 5.82 Å². The van der Waals surface area contributed by atoms with Crippen LogP contribution < -0.4 is 10.6 Å². The average molecular weight is 234 g/mol. The zero-order valence-corrected chi connectivity index (χ0v) is 10.8. The molecule has 1 aliphatic rings. The lowest BCUT2D eigenvalue weighted by Gasteiger charge is -2.21. The summed E-state index contributed by atoms with van der Waals surface area (Å²) in [6.45, 7) is 2.87. The predicted octanol–water partition coefficient (Wildman–Crippen LogP) is 0.723. The molecule has 0 spiro atoms. The number of anilines is 1. The Kier molecular flexibility index (Phi) is 3.97. The molecule has 1 unspecified atom stereocenters. The molecule has 1 aliphatic heterocycles. The molecule has 0 radical (unpaired) electrons. The van der Waals surface area contributed by atoms with Gasteiger partial charge in [-0.05, 0) is 45.1 Å². The van der Waals surface area contributed by atoms with Crippen molar-refractivity contribution >= 4 is 5.82 Å². The Morgan fingerprint density at radius 2 is 2.29 bits per heavy atom. The third kappa shape index (κ3) is 2.96. The Balaban J connectivity index is 1.99. The van der Waals surface area contributed by atoms with Crippen LogP contribution in [0.3, 0.4) is 0 Å². The van der Waals surface area contributed by atoms with Crippen molar-refractivity contribution in [1.29, 1.82) is 0 Å². The highest BCUT2D eigenvalue weighted by Crippen LogP contribution is 2.20. The first-order valence-electron chi connectivity index (χ1n) is 6.27. The van der Waals surface area contributed by atoms with E-state index >= 15 is 0 Å². The molecular formula is C13H22N4. The minimum atomic E-state index is 0.653. The lowest BCUT2D eigenvalue weighted by atomic mass is 10.2. The molecular weight excluding hydrogens is 212 g/mol. The van der Waals surface area contributed by atoms with E-state index in [0.717, 1.165) is 25.3 Å². The maximum absolute atomic E-state index is 5.53. The Bertz CT molecular complexity index is 347. The minimum absolute atomic E-state index is 0.653. The molecule has 94 valence electrons. The topological polar surface area (TPSA) is 45.4 Å². The molecule has 0 aromatic carbocycles. The number of hydrogen-bond acceptors (Lipinski definition) is 4. The van der Waals surface area contributed by atoms with Crippen LogP contribution in [0.4, 0.5) is 5.82 Å². The number of rotatable bonds is 4. The molecule has 0 saturated carbocycles. The Morgan fingerprint density at radius 3 is 2.82 bits per heavy atom. The van der Waals surface area contributed by atoms with E-state index in [4.69, 9.17) is 5.73 Å². The van der Waals surface area contributed by atoms with Crippen LogP contribution in [0.2, 0.25) is 0 Å². The van der Waals surface area contributed by atoms with Crippen molar-refractivity contribution in [2.75, 3.05) is 38.6 Å². The maximum atomic E-state index is 5.53. The number of likely N-dealkylation sites (N-methyl/N-ethyl adjacent to an activating group) is 1. The van der Waals surface area contributed by atoms with Gasteiger partial charge in [-0.25, -0.2) is 4.98 Å². The van der Waals surface area contributed by atoms with Gasteiger partial charge in [0.2, 0.25) is 0 Å². The first-order valence-corrected chi connectivity index (χ1v) is 6.27. The van der Waals surface area contributed by atoms with Gasteiger partial charge in [-0.15, -0.1) is 0 Å². The highest BCUT2D eigenvalue weighted by molar-refractivity contribution is 5.41. The van der Waals surface area contributed by atoms with Crippen molar-refractivity contribution in [2.45, 2.75) is 18.9 Å². The summed E-state index contributed by atoms with van der Waals surface area (Å²) in [5.41, 5.74) is 6.75. The Morgan fingerprint density at radius 1 is 1.47 bits per heavy atom. The molecule has 0 bridgehead atoms. The maximum Gasteiger partial charge on any atom is 0.128 e. The van der Waals surface area contributed by atoms with Crippen LogP contribution in [-0.2, 0) is 6.42 Å². The lowest BCUT2D eigenvalue weighted by Crippen LogP contribution is -2.31. The van der Waals surface area contributed by atoms with Crippen LogP contribution in [0.5, 0.6) is 0 Å². The number of nitrogens with zero attached hydrogens (tertiary/aromatic N) is 3. The summed E-state index contributed by atoms with van der Waals surface area (Å²) in [5, 5.41) is 0. The molecule has 2 N–H and O–H groups in total. The van der Waals surface area contributed by atoms with Crippen LogP contribution in [0.25, 0.3) is 0 Å². The molecule has 2 heterocycles. The Hall–Kier alpha value is -1.13. The van der Waals surface area contributed by atoms with E-state index in [0.29, 0.717) is 12.6 Å². The van der Waals surface area contributed by atoms with Crippen molar-refractivity contribution in [2.24, 2.45) is 5.73 Å². The van der Waals surface area contributed by atoms with Crippen molar-refractivity contribution in [3.63, 3.8) is 0 Å². The molecule has 1 aromatic heterocycles. The fourth-order valence-electron chi connectivity index (χ4n) is 2.29. The van der Waals surface area contributed by atoms with E-state index in [2.05, 4.69) is 41.0 Å². The van der Waals surface area contributed by atoms with Gasteiger partial charge in [0, 0.05) is 25.3 Å². The minimum Gasteiger partial charge on any atom is -0.355 e. The zero-order chi connectivity index (χ0) is 12.3. The number of hydrogen-bond donors (Lipinski definition) is 1. The smallest absolute Gasteiger partial charge is 0.128 e. The number of pyridine rings is 1. The second-order valence-electron chi connectivity index (χ2n) is 4.92. The normalized spacial score (nSPS) is 20.2. The SMILES string of the molecule is CN(C)C1CCN(c2ccc(CCN)cn2)C1. The lowest BCUT2D eigenvalue weighted by molar-refractivity contribution is 0.315. The van der Waals surface area contributed by atoms with Crippen molar-refractivity contribution in [3.05, 3.63) is 23.9 Å². The third-order valence-corrected chi connectivity index (χ3v) is 3.46. The van der Waals surface area contributed by atoms with Crippen LogP contribution >= 0.6 is 0 Å². The second kappa shape index (κ2) is 5.47. The first kappa shape index (κ1) is 12.3. The van der Waals surface area contributed by atoms with E-state index in [1.54, 1.807) is 0 Å². The van der Waals surface area contributed by atoms with Gasteiger partial charge in [-0.3, -0.25) is 0 Å². The molecule has 1 fully saturated rings. The summed E-state index contributed by atoms with van der Waals surface area (Å²) >= 11 is 0. The molecule has 4 nitrogen and oxygen atoms in total. The quantitative estimate of drug-likeness (QED) is 0.834. The highest BCUT2D eigenvalue weighted by Gasteiger charge is 2.24. The highest BCUT2D eigenvalue weighted by atomic mass is 15.3. The number of nitrogens with two attached hydrogens (primary N) is 1. The average Bonchev–Trinajstić information content (AvgIpc) is 2.80. The summed E-state index contributed by atoms with van der Waals surface area (Å²) < 4.78 is 0. The summed E-state index contributed by atoms with van der Waals surface area (Å²) in [6, 6.07) is 4.90. The van der Waals surface area contributed by atoms with Gasteiger partial charge in [0.25, 0.3) is 0 Å². The van der Waals surface area contributed by atoms with Crippen LogP contribution in [0, 0.1) is 0 Å². The predicted molar refractivity (Wildman–Crippen MR) is 71.3 cm³/mol. The van der Waals surface area contributed by atoms with Crippen molar-refractivity contribution in [1.82, 2.24) is 9.88 Å². The molecule has 4 heteroatoms. The monoisotopic (exact) mass is 234 g/mol. The third-order valence-electron chi connectivity index (χ3n) is 3.46. The van der Waals surface area contributed by atoms with Gasteiger partial charge < -0.3 is 15.5 Å². The fourth-order valence-corrected chi connectivity index (χ4v) is 2.29. The molecule has 1 saturated heterocycles. The van der Waals surface area contributed by atoms with Gasteiger partial charge in [0.15, 0.2) is 0 Å². The summed E-state index contributed by atoms with van der Waals surface area (Å²) in [6.07, 6.45) is 4.08. The van der Waals surface area contributed by atoms with Crippen molar-refractivity contribution in [3.8, 4) is 0 Å². The van der Waals surface area contributed by atoms with Gasteiger partial charge in [-0.2, -0.15) is 0 Å². The summed E-state index contributed by atoms with van der Waals surface area (Å²) in [7, 11) is 4.29. The molecule has 0 aliphatic carbocycles. The molecule has 0 amide bonds. The van der Waals surface area contributed by atoms with Crippen LogP contribution in [0.1, 0.15) is 12.0 Å². The summed E-state index contributed by atoms with van der Waals surface area (Å²) in [5.74, 6) is 1.09. The van der Waals surface area contributed by atoms with E-state index in [1.807, 2.05) is 6.20 Å². The standard InChI is InChI=1S/C13H22N4/c1-16(2)12-6-8-17(10-12)13-4-3-11(5-7-14)9-15-13/h3-4,9,12H,5-8,10,14H2,1-2H3. The van der Waals surface area contributed by atoms with Crippen molar-refractivity contribution < 1.29 is 0 Å². The van der Waals surface area contributed by atoms with E-state index in [-0.39, 0.29) is 0 Å². The first-order chi connectivity index (χ1) is 8.20. The van der Waals surface area contributed by atoms with Gasteiger partial charge in [0.05, 0.1) is 0 Å². The van der Waals surface area contributed by atoms with Gasteiger partial charge in [-0.1, -0.05) is 6.07 Å². The molecule has 2 rings (SSSR count). The number of aromatic nitrogens is 1. The van der Waals surface area contributed by atoms with E-state index in [1.165, 1.54) is 12.0 Å². The molecule has 1 atom stereocenters. The van der Waals surface area contributed by atoms with E-state index < -0.39 is 0 Å². The molecule has 1 aromatic rings. The zero-order valence-electron chi connectivity index (χ0n) is 10.8. The fraction of sp³-hybridized carbons (Fsp3) is 0.615. The van der Waals surface area contributed by atoms with E-state index in [9.17, 15) is 0 Å². The van der Waals surface area contributed by atoms with Gasteiger partial charge >= 0.3 is 0 Å². The van der Waals surface area contributed by atoms with Crippen LogP contribution in [0.15, 0.2) is 18.3 Å². The molecule has 17 heavy (non-hydrogen) atoms. The largest absolute Gasteiger partial charge is 0.355 e. The Labute approximate surface area is 103 Å². The van der Waals surface area contributed by atoms with Crippen LogP contribution in [-0.4, -0.2) is 49.7 Å².